The Kier molecular flexibility index (Phi) is 6.67. The van der Waals surface area contributed by atoms with Crippen LogP contribution in [0.4, 0.5) is 4.39 Å². The molecule has 1 unspecified atom stereocenters. The van der Waals surface area contributed by atoms with Gasteiger partial charge in [-0.05, 0) is 37.6 Å². The topological polar surface area (TPSA) is 27.6 Å². The molecule has 1 aromatic carbocycles. The average Bonchev–Trinajstić information content (AvgIpc) is 2.43. The smallest absolute Gasteiger partial charge is 0.123 e. The molecule has 0 heterocycles. The summed E-state index contributed by atoms with van der Waals surface area (Å²) in [6.07, 6.45) is 5.32. The summed E-state index contributed by atoms with van der Waals surface area (Å²) in [5, 5.41) is 3.35. The van der Waals surface area contributed by atoms with Crippen molar-refractivity contribution >= 4 is 6.34 Å². The van der Waals surface area contributed by atoms with Gasteiger partial charge in [-0.2, -0.15) is 0 Å². The summed E-state index contributed by atoms with van der Waals surface area (Å²) in [7, 11) is 1.94. The molecule has 1 rings (SSSR count). The number of halogens is 1. The molecule has 0 saturated heterocycles. The molecule has 20 heavy (non-hydrogen) atoms. The van der Waals surface area contributed by atoms with Gasteiger partial charge >= 0.3 is 0 Å². The van der Waals surface area contributed by atoms with Crippen LogP contribution in [0.5, 0.6) is 0 Å². The summed E-state index contributed by atoms with van der Waals surface area (Å²) in [5.41, 5.74) is 1.96. The molecule has 0 aliphatic heterocycles. The molecular weight excluding hydrogens is 253 g/mol. The van der Waals surface area contributed by atoms with Gasteiger partial charge in [-0.15, -0.1) is 0 Å². The van der Waals surface area contributed by atoms with Crippen molar-refractivity contribution in [3.63, 3.8) is 0 Å². The molecule has 0 aliphatic carbocycles. The molecule has 1 aromatic rings. The van der Waals surface area contributed by atoms with E-state index in [9.17, 15) is 4.39 Å². The summed E-state index contributed by atoms with van der Waals surface area (Å²) in [5.74, 6) is -0.213. The van der Waals surface area contributed by atoms with Gasteiger partial charge in [0.2, 0.25) is 0 Å². The molecule has 0 aliphatic rings. The van der Waals surface area contributed by atoms with Gasteiger partial charge in [-0.3, -0.25) is 5.32 Å². The summed E-state index contributed by atoms with van der Waals surface area (Å²) in [6.45, 7) is 8.24. The Morgan fingerprint density at radius 2 is 2.10 bits per heavy atom. The van der Waals surface area contributed by atoms with Gasteiger partial charge in [-0.25, -0.2) is 9.38 Å². The van der Waals surface area contributed by atoms with E-state index in [-0.39, 0.29) is 11.9 Å². The third-order valence-corrected chi connectivity index (χ3v) is 2.83. The first-order chi connectivity index (χ1) is 9.52. The predicted octanol–water partition coefficient (Wildman–Crippen LogP) is 3.48. The highest BCUT2D eigenvalue weighted by Crippen LogP contribution is 2.12. The number of rotatable bonds is 7. The van der Waals surface area contributed by atoms with E-state index in [2.05, 4.69) is 16.9 Å². The zero-order chi connectivity index (χ0) is 15.0. The second-order valence-corrected chi connectivity index (χ2v) is 4.68. The molecule has 0 bridgehead atoms. The van der Waals surface area contributed by atoms with Gasteiger partial charge in [0.05, 0.1) is 13.0 Å². The standard InChI is InChI=1S/C16H22FN3/c1-5-6-13(2)18-11-20(4)12-19-14(3)15-7-9-16(17)10-8-15/h5-11,14,19H,1,12H2,2-4H3/b13-6+,18-11?. The van der Waals surface area contributed by atoms with Crippen LogP contribution >= 0.6 is 0 Å². The van der Waals surface area contributed by atoms with Crippen molar-refractivity contribution in [2.24, 2.45) is 4.99 Å². The maximum Gasteiger partial charge on any atom is 0.123 e. The van der Waals surface area contributed by atoms with E-state index >= 15 is 0 Å². The predicted molar refractivity (Wildman–Crippen MR) is 83.0 cm³/mol. The number of hydrogen-bond acceptors (Lipinski definition) is 2. The van der Waals surface area contributed by atoms with E-state index in [4.69, 9.17) is 0 Å². The molecule has 0 amide bonds. The largest absolute Gasteiger partial charge is 0.353 e. The lowest BCUT2D eigenvalue weighted by Crippen LogP contribution is -2.32. The second-order valence-electron chi connectivity index (χ2n) is 4.68. The van der Waals surface area contributed by atoms with Crippen LogP contribution in [-0.4, -0.2) is 25.0 Å². The maximum absolute atomic E-state index is 12.8. The number of benzene rings is 1. The fourth-order valence-electron chi connectivity index (χ4n) is 1.59. The molecule has 0 spiro atoms. The van der Waals surface area contributed by atoms with E-state index in [1.165, 1.54) is 12.1 Å². The van der Waals surface area contributed by atoms with Crippen LogP contribution in [0.25, 0.3) is 0 Å². The van der Waals surface area contributed by atoms with Crippen molar-refractivity contribution < 1.29 is 4.39 Å². The molecule has 0 fully saturated rings. The van der Waals surface area contributed by atoms with Crippen molar-refractivity contribution in [1.82, 2.24) is 10.2 Å². The second kappa shape index (κ2) is 8.27. The fraction of sp³-hybridized carbons (Fsp3) is 0.312. The minimum absolute atomic E-state index is 0.149. The molecule has 4 heteroatoms. The molecule has 0 saturated carbocycles. The van der Waals surface area contributed by atoms with Gasteiger partial charge in [0.25, 0.3) is 0 Å². The number of allylic oxidation sites excluding steroid dienone is 3. The summed E-state index contributed by atoms with van der Waals surface area (Å²) in [6, 6.07) is 6.68. The van der Waals surface area contributed by atoms with E-state index in [1.807, 2.05) is 31.9 Å². The van der Waals surface area contributed by atoms with Crippen molar-refractivity contribution in [2.45, 2.75) is 19.9 Å². The van der Waals surface area contributed by atoms with Gasteiger partial charge in [0.1, 0.15) is 5.82 Å². The van der Waals surface area contributed by atoms with Gasteiger partial charge < -0.3 is 4.90 Å². The van der Waals surface area contributed by atoms with Crippen LogP contribution < -0.4 is 5.32 Å². The van der Waals surface area contributed by atoms with Crippen LogP contribution in [0.2, 0.25) is 0 Å². The lowest BCUT2D eigenvalue weighted by Gasteiger charge is -2.19. The SMILES string of the molecule is C=C/C=C(\C)N=CN(C)CNC(C)c1ccc(F)cc1. The van der Waals surface area contributed by atoms with Gasteiger partial charge in [0.15, 0.2) is 0 Å². The molecule has 0 radical (unpaired) electrons. The Bertz CT molecular complexity index is 477. The molecule has 108 valence electrons. The summed E-state index contributed by atoms with van der Waals surface area (Å²) in [4.78, 5) is 6.22. The highest BCUT2D eigenvalue weighted by Gasteiger charge is 2.04. The number of hydrogen-bond donors (Lipinski definition) is 1. The zero-order valence-corrected chi connectivity index (χ0v) is 12.3. The summed E-state index contributed by atoms with van der Waals surface area (Å²) >= 11 is 0. The minimum atomic E-state index is -0.213. The molecule has 1 atom stereocenters. The highest BCUT2D eigenvalue weighted by molar-refractivity contribution is 5.56. The third-order valence-electron chi connectivity index (χ3n) is 2.83. The quantitative estimate of drug-likeness (QED) is 0.357. The monoisotopic (exact) mass is 275 g/mol. The molecule has 0 aromatic heterocycles. The first kappa shape index (κ1) is 16.1. The van der Waals surface area contributed by atoms with Crippen LogP contribution in [0.3, 0.4) is 0 Å². The molecule has 1 N–H and O–H groups in total. The fourth-order valence-corrected chi connectivity index (χ4v) is 1.59. The first-order valence-electron chi connectivity index (χ1n) is 6.55. The lowest BCUT2D eigenvalue weighted by atomic mass is 10.1. The normalized spacial score (nSPS) is 13.5. The van der Waals surface area contributed by atoms with E-state index < -0.39 is 0 Å². The zero-order valence-electron chi connectivity index (χ0n) is 12.3. The van der Waals surface area contributed by atoms with Crippen LogP contribution in [-0.2, 0) is 0 Å². The van der Waals surface area contributed by atoms with Gasteiger partial charge in [0, 0.05) is 18.8 Å². The van der Waals surface area contributed by atoms with Crippen molar-refractivity contribution in [2.75, 3.05) is 13.7 Å². The first-order valence-corrected chi connectivity index (χ1v) is 6.55. The Morgan fingerprint density at radius 3 is 2.70 bits per heavy atom. The van der Waals surface area contributed by atoms with Crippen LogP contribution in [0.1, 0.15) is 25.5 Å². The number of aliphatic imine (C=N–C) groups is 1. The van der Waals surface area contributed by atoms with Crippen LogP contribution in [0.15, 0.2) is 53.7 Å². The maximum atomic E-state index is 12.8. The number of nitrogens with zero attached hydrogens (tertiary/aromatic N) is 2. The third kappa shape index (κ3) is 5.80. The van der Waals surface area contributed by atoms with E-state index in [0.717, 1.165) is 11.3 Å². The van der Waals surface area contributed by atoms with E-state index in [1.54, 1.807) is 24.5 Å². The van der Waals surface area contributed by atoms with Crippen molar-refractivity contribution in [1.29, 1.82) is 0 Å². The van der Waals surface area contributed by atoms with Gasteiger partial charge in [-0.1, -0.05) is 24.8 Å². The van der Waals surface area contributed by atoms with E-state index in [0.29, 0.717) is 6.67 Å². The van der Waals surface area contributed by atoms with Crippen LogP contribution in [0, 0.1) is 5.82 Å². The van der Waals surface area contributed by atoms with Crippen molar-refractivity contribution in [3.8, 4) is 0 Å². The summed E-state index contributed by atoms with van der Waals surface area (Å²) < 4.78 is 12.8. The molecular formula is C16H22FN3. The van der Waals surface area contributed by atoms with Crippen molar-refractivity contribution in [3.05, 3.63) is 60.1 Å². The Hall–Kier alpha value is -1.94. The Labute approximate surface area is 120 Å². The average molecular weight is 275 g/mol. The Balaban J connectivity index is 2.44. The number of nitrogens with one attached hydrogen (secondary N) is 1. The Morgan fingerprint density at radius 1 is 1.45 bits per heavy atom. The minimum Gasteiger partial charge on any atom is -0.353 e. The highest BCUT2D eigenvalue weighted by atomic mass is 19.1. The molecule has 3 nitrogen and oxygen atoms in total. The lowest BCUT2D eigenvalue weighted by molar-refractivity contribution is 0.419.